The zero-order chi connectivity index (χ0) is 18.7. The number of hydrogen-bond acceptors (Lipinski definition) is 7. The fraction of sp³-hybridized carbons (Fsp3) is 0. The van der Waals surface area contributed by atoms with Gasteiger partial charge in [-0.15, -0.1) is 0 Å². The predicted octanol–water partition coefficient (Wildman–Crippen LogP) is 0.538. The molecule has 1 aliphatic carbocycles. The number of anilines is 1. The first-order valence-electron chi connectivity index (χ1n) is 6.54. The van der Waals surface area contributed by atoms with E-state index in [1.54, 1.807) is 0 Å². The summed E-state index contributed by atoms with van der Waals surface area (Å²) in [5.74, 6) is -1.77. The summed E-state index contributed by atoms with van der Waals surface area (Å²) >= 11 is 0. The van der Waals surface area contributed by atoms with Crippen LogP contribution in [0.2, 0.25) is 0 Å². The first-order chi connectivity index (χ1) is 11.4. The zero-order valence-electron chi connectivity index (χ0n) is 12.1. The van der Waals surface area contributed by atoms with E-state index in [0.717, 1.165) is 6.07 Å². The second-order valence-corrected chi connectivity index (χ2v) is 7.92. The molecular weight excluding hydrogens is 374 g/mol. The third-order valence-corrected chi connectivity index (χ3v) is 5.68. The van der Waals surface area contributed by atoms with Crippen LogP contribution in [0, 0.1) is 0 Å². The van der Waals surface area contributed by atoms with Crippen molar-refractivity contribution >= 4 is 37.5 Å². The van der Waals surface area contributed by atoms with Crippen molar-refractivity contribution in [2.75, 3.05) is 5.73 Å². The van der Waals surface area contributed by atoms with Crippen molar-refractivity contribution in [3.05, 3.63) is 52.6 Å². The highest BCUT2D eigenvalue weighted by molar-refractivity contribution is 7.89. The molecule has 3 rings (SSSR count). The Bertz CT molecular complexity index is 1180. The van der Waals surface area contributed by atoms with E-state index in [9.17, 15) is 35.5 Å². The molecule has 4 N–H and O–H groups in total. The highest BCUT2D eigenvalue weighted by Crippen LogP contribution is 2.38. The van der Waals surface area contributed by atoms with Gasteiger partial charge in [0.2, 0.25) is 0 Å². The van der Waals surface area contributed by atoms with Crippen molar-refractivity contribution in [1.82, 2.24) is 0 Å². The second-order valence-electron chi connectivity index (χ2n) is 5.20. The average Bonchev–Trinajstić information content (AvgIpc) is 2.49. The third-order valence-electron chi connectivity index (χ3n) is 3.67. The van der Waals surface area contributed by atoms with Crippen LogP contribution in [0.1, 0.15) is 31.8 Å². The lowest BCUT2D eigenvalue weighted by molar-refractivity contribution is 0.0976. The molecule has 0 heterocycles. The normalized spacial score (nSPS) is 14.2. The summed E-state index contributed by atoms with van der Waals surface area (Å²) in [5.41, 5.74) is 3.14. The molecule has 0 aliphatic heterocycles. The van der Waals surface area contributed by atoms with E-state index >= 15 is 0 Å². The van der Waals surface area contributed by atoms with Gasteiger partial charge in [0.15, 0.2) is 11.6 Å². The van der Waals surface area contributed by atoms with Gasteiger partial charge in [0, 0.05) is 16.7 Å². The van der Waals surface area contributed by atoms with E-state index in [1.807, 2.05) is 0 Å². The molecule has 0 unspecified atom stereocenters. The van der Waals surface area contributed by atoms with Gasteiger partial charge in [-0.2, -0.15) is 16.8 Å². The van der Waals surface area contributed by atoms with Crippen molar-refractivity contribution in [1.29, 1.82) is 0 Å². The molecule has 0 bridgehead atoms. The molecule has 11 heteroatoms. The fourth-order valence-electron chi connectivity index (χ4n) is 2.74. The summed E-state index contributed by atoms with van der Waals surface area (Å²) in [5, 5.41) is 0. The minimum Gasteiger partial charge on any atom is -0.398 e. The van der Waals surface area contributed by atoms with Crippen LogP contribution in [0.5, 0.6) is 0 Å². The summed E-state index contributed by atoms with van der Waals surface area (Å²) in [6.07, 6.45) is 0. The zero-order valence-corrected chi connectivity index (χ0v) is 13.8. The Morgan fingerprint density at radius 3 is 1.72 bits per heavy atom. The largest absolute Gasteiger partial charge is 0.398 e. The minimum atomic E-state index is -5.33. The quantitative estimate of drug-likeness (QED) is 0.422. The molecule has 2 aromatic rings. The summed E-state index contributed by atoms with van der Waals surface area (Å²) in [6, 6.07) is 6.26. The maximum absolute atomic E-state index is 12.7. The lowest BCUT2D eigenvalue weighted by Gasteiger charge is -2.21. The number of hydrogen-bond donors (Lipinski definition) is 3. The van der Waals surface area contributed by atoms with Gasteiger partial charge in [-0.3, -0.25) is 18.7 Å². The van der Waals surface area contributed by atoms with Gasteiger partial charge in [-0.25, -0.2) is 0 Å². The second kappa shape index (κ2) is 5.20. The number of nitrogen functional groups attached to an aromatic ring is 1. The van der Waals surface area contributed by atoms with Crippen LogP contribution in [0.3, 0.4) is 0 Å². The third kappa shape index (κ3) is 2.53. The maximum Gasteiger partial charge on any atom is 0.298 e. The Balaban J connectivity index is 2.58. The van der Waals surface area contributed by atoms with Gasteiger partial charge in [0.1, 0.15) is 9.79 Å². The molecule has 0 aromatic heterocycles. The Morgan fingerprint density at radius 2 is 1.24 bits per heavy atom. The Hall–Kier alpha value is -2.60. The molecule has 0 atom stereocenters. The van der Waals surface area contributed by atoms with Gasteiger partial charge in [-0.05, 0) is 6.07 Å². The van der Waals surface area contributed by atoms with Crippen LogP contribution in [-0.2, 0) is 20.2 Å². The van der Waals surface area contributed by atoms with Crippen LogP contribution in [0.4, 0.5) is 5.69 Å². The average molecular weight is 383 g/mol. The smallest absolute Gasteiger partial charge is 0.298 e. The molecule has 0 saturated heterocycles. The van der Waals surface area contributed by atoms with Crippen LogP contribution < -0.4 is 5.73 Å². The lowest BCUT2D eigenvalue weighted by atomic mass is 9.84. The summed E-state index contributed by atoms with van der Waals surface area (Å²) in [7, 11) is -10.6. The van der Waals surface area contributed by atoms with Crippen LogP contribution in [0.25, 0.3) is 0 Å². The van der Waals surface area contributed by atoms with Crippen molar-refractivity contribution in [3.8, 4) is 0 Å². The molecular formula is C14H9NO8S2. The van der Waals surface area contributed by atoms with E-state index in [1.165, 1.54) is 24.3 Å². The van der Waals surface area contributed by atoms with E-state index in [0.29, 0.717) is 0 Å². The van der Waals surface area contributed by atoms with E-state index < -0.39 is 58.4 Å². The number of carbonyl (C=O) groups excluding carboxylic acids is 2. The molecule has 130 valence electrons. The predicted molar refractivity (Wildman–Crippen MR) is 83.8 cm³/mol. The molecule has 0 amide bonds. The molecule has 0 spiro atoms. The van der Waals surface area contributed by atoms with Gasteiger partial charge in [0.25, 0.3) is 20.2 Å². The maximum atomic E-state index is 12.7. The molecule has 9 nitrogen and oxygen atoms in total. The lowest BCUT2D eigenvalue weighted by Crippen LogP contribution is -2.26. The highest BCUT2D eigenvalue weighted by atomic mass is 32.2. The SMILES string of the molecule is Nc1cc2c(c(S(=O)(=O)O)c1S(=O)(=O)O)C(=O)c1ccccc1C2=O. The van der Waals surface area contributed by atoms with Gasteiger partial charge < -0.3 is 5.73 Å². The Morgan fingerprint density at radius 1 is 0.760 bits per heavy atom. The molecule has 0 fully saturated rings. The van der Waals surface area contributed by atoms with Crippen molar-refractivity contribution in [2.45, 2.75) is 9.79 Å². The number of ketones is 2. The van der Waals surface area contributed by atoms with Crippen molar-refractivity contribution in [2.24, 2.45) is 0 Å². The van der Waals surface area contributed by atoms with Gasteiger partial charge >= 0.3 is 0 Å². The first kappa shape index (κ1) is 17.2. The topological polar surface area (TPSA) is 169 Å². The molecule has 1 aliphatic rings. The Kier molecular flexibility index (Phi) is 3.58. The Labute approximate surface area is 141 Å². The van der Waals surface area contributed by atoms with E-state index in [2.05, 4.69) is 0 Å². The monoisotopic (exact) mass is 383 g/mol. The standard InChI is InChI=1S/C14H9NO8S2/c15-9-5-8-10(14(25(21,22)23)13(9)24(18,19)20)12(17)7-4-2-1-3-6(7)11(8)16/h1-5H,15H2,(H,18,19,20)(H,21,22,23). The van der Waals surface area contributed by atoms with Crippen molar-refractivity contribution in [3.63, 3.8) is 0 Å². The summed E-state index contributed by atoms with van der Waals surface area (Å²) < 4.78 is 65.3. The van der Waals surface area contributed by atoms with E-state index in [4.69, 9.17) is 5.73 Å². The molecule has 2 aromatic carbocycles. The summed E-state index contributed by atoms with van der Waals surface area (Å²) in [4.78, 5) is 22.4. The van der Waals surface area contributed by atoms with Gasteiger partial charge in [-0.1, -0.05) is 24.3 Å². The van der Waals surface area contributed by atoms with Crippen LogP contribution >= 0.6 is 0 Å². The number of rotatable bonds is 2. The van der Waals surface area contributed by atoms with Crippen LogP contribution in [-0.4, -0.2) is 37.5 Å². The van der Waals surface area contributed by atoms with E-state index in [-0.39, 0.29) is 11.1 Å². The molecule has 0 radical (unpaired) electrons. The highest BCUT2D eigenvalue weighted by Gasteiger charge is 2.40. The molecule has 0 saturated carbocycles. The summed E-state index contributed by atoms with van der Waals surface area (Å²) in [6.45, 7) is 0. The number of carbonyl (C=O) groups is 2. The first-order valence-corrected chi connectivity index (χ1v) is 9.42. The number of fused-ring (bicyclic) bond motifs is 2. The minimum absolute atomic E-state index is 0.0275. The van der Waals surface area contributed by atoms with Crippen molar-refractivity contribution < 1.29 is 35.5 Å². The number of nitrogens with two attached hydrogens (primary N) is 1. The molecule has 25 heavy (non-hydrogen) atoms. The fourth-order valence-corrected chi connectivity index (χ4v) is 4.87. The van der Waals surface area contributed by atoms with Gasteiger partial charge in [0.05, 0.1) is 11.3 Å². The number of benzene rings is 2. The van der Waals surface area contributed by atoms with Crippen LogP contribution in [0.15, 0.2) is 40.1 Å².